The van der Waals surface area contributed by atoms with Crippen molar-refractivity contribution in [1.29, 1.82) is 0 Å². The number of amides is 1. The lowest BCUT2D eigenvalue weighted by atomic mass is 9.95. The van der Waals surface area contributed by atoms with Gasteiger partial charge in [0.05, 0.1) is 6.61 Å². The van der Waals surface area contributed by atoms with Crippen molar-refractivity contribution in [2.75, 3.05) is 31.6 Å². The van der Waals surface area contributed by atoms with Gasteiger partial charge in [-0.15, -0.1) is 12.4 Å². The minimum absolute atomic E-state index is 0. The van der Waals surface area contributed by atoms with E-state index in [4.69, 9.17) is 10.5 Å². The van der Waals surface area contributed by atoms with Crippen molar-refractivity contribution in [3.05, 3.63) is 18.2 Å². The number of halogens is 1. The highest BCUT2D eigenvalue weighted by molar-refractivity contribution is 7.89. The molecule has 1 aliphatic rings. The van der Waals surface area contributed by atoms with E-state index in [0.29, 0.717) is 37.7 Å². The molecule has 7 nitrogen and oxygen atoms in total. The minimum atomic E-state index is -3.71. The molecule has 2 rings (SSSR count). The number of anilines is 1. The van der Waals surface area contributed by atoms with E-state index in [-0.39, 0.29) is 35.0 Å². The zero-order valence-corrected chi connectivity index (χ0v) is 18.4. The normalized spacial score (nSPS) is 19.3. The van der Waals surface area contributed by atoms with Crippen LogP contribution in [-0.2, 0) is 14.8 Å². The van der Waals surface area contributed by atoms with Gasteiger partial charge in [0.25, 0.3) is 0 Å². The molecule has 160 valence electrons. The summed E-state index contributed by atoms with van der Waals surface area (Å²) in [5.74, 6) is 0.261. The Morgan fingerprint density at radius 3 is 2.50 bits per heavy atom. The summed E-state index contributed by atoms with van der Waals surface area (Å²) in [6.45, 7) is 6.95. The maximum atomic E-state index is 13.0. The van der Waals surface area contributed by atoms with Crippen LogP contribution >= 0.6 is 12.4 Å². The SMILES string of the molecule is CCOc1ccc(NC(=O)[C@@H]2CCC[C@@H]2CN)cc1S(=O)(=O)N(CC)CC.Cl. The molecule has 0 bridgehead atoms. The average Bonchev–Trinajstić information content (AvgIpc) is 3.12. The highest BCUT2D eigenvalue weighted by atomic mass is 35.5. The molecule has 0 radical (unpaired) electrons. The fraction of sp³-hybridized carbons (Fsp3) is 0.632. The predicted molar refractivity (Wildman–Crippen MR) is 113 cm³/mol. The zero-order chi connectivity index (χ0) is 20.0. The highest BCUT2D eigenvalue weighted by Crippen LogP contribution is 2.33. The predicted octanol–water partition coefficient (Wildman–Crippen LogP) is 2.85. The van der Waals surface area contributed by atoms with Crippen LogP contribution in [0.5, 0.6) is 5.75 Å². The van der Waals surface area contributed by atoms with Crippen molar-refractivity contribution in [3.8, 4) is 5.75 Å². The Hall–Kier alpha value is -1.35. The topological polar surface area (TPSA) is 102 Å². The van der Waals surface area contributed by atoms with Gasteiger partial charge in [0, 0.05) is 24.7 Å². The van der Waals surface area contributed by atoms with Crippen LogP contribution in [0, 0.1) is 11.8 Å². The van der Waals surface area contributed by atoms with Crippen molar-refractivity contribution >= 4 is 34.0 Å². The molecule has 0 heterocycles. The second kappa shape index (κ2) is 11.0. The number of ether oxygens (including phenoxy) is 1. The summed E-state index contributed by atoms with van der Waals surface area (Å²) in [5.41, 5.74) is 6.23. The van der Waals surface area contributed by atoms with Gasteiger partial charge in [-0.05, 0) is 50.4 Å². The van der Waals surface area contributed by atoms with E-state index >= 15 is 0 Å². The lowest BCUT2D eigenvalue weighted by Crippen LogP contribution is -2.31. The molecule has 3 N–H and O–H groups in total. The van der Waals surface area contributed by atoms with Gasteiger partial charge in [-0.1, -0.05) is 20.3 Å². The van der Waals surface area contributed by atoms with E-state index in [1.807, 2.05) is 0 Å². The molecule has 0 aromatic heterocycles. The fourth-order valence-electron chi connectivity index (χ4n) is 3.66. The highest BCUT2D eigenvalue weighted by Gasteiger charge is 2.32. The summed E-state index contributed by atoms with van der Waals surface area (Å²) in [4.78, 5) is 12.7. The molecular weight excluding hydrogens is 402 g/mol. The van der Waals surface area contributed by atoms with Crippen LogP contribution < -0.4 is 15.8 Å². The minimum Gasteiger partial charge on any atom is -0.492 e. The number of rotatable bonds is 9. The third kappa shape index (κ3) is 5.37. The van der Waals surface area contributed by atoms with Gasteiger partial charge in [0.2, 0.25) is 15.9 Å². The Morgan fingerprint density at radius 1 is 1.25 bits per heavy atom. The summed E-state index contributed by atoms with van der Waals surface area (Å²) in [7, 11) is -3.71. The number of carbonyl (C=O) groups excluding carboxylic acids is 1. The fourth-order valence-corrected chi connectivity index (χ4v) is 5.28. The monoisotopic (exact) mass is 433 g/mol. The van der Waals surface area contributed by atoms with Crippen molar-refractivity contribution < 1.29 is 17.9 Å². The number of carbonyl (C=O) groups is 1. The largest absolute Gasteiger partial charge is 0.492 e. The van der Waals surface area contributed by atoms with Gasteiger partial charge in [0.15, 0.2) is 0 Å². The molecule has 0 aliphatic heterocycles. The summed E-state index contributed by atoms with van der Waals surface area (Å²) in [6.07, 6.45) is 2.76. The first-order chi connectivity index (χ1) is 12.9. The van der Waals surface area contributed by atoms with Gasteiger partial charge in [-0.25, -0.2) is 8.42 Å². The maximum absolute atomic E-state index is 13.0. The van der Waals surface area contributed by atoms with Gasteiger partial charge >= 0.3 is 0 Å². The molecule has 1 aliphatic carbocycles. The molecule has 0 saturated heterocycles. The lowest BCUT2D eigenvalue weighted by molar-refractivity contribution is -0.120. The molecule has 9 heteroatoms. The molecule has 1 aromatic carbocycles. The van der Waals surface area contributed by atoms with Crippen LogP contribution in [0.15, 0.2) is 23.1 Å². The van der Waals surface area contributed by atoms with Gasteiger partial charge in [-0.3, -0.25) is 4.79 Å². The summed E-state index contributed by atoms with van der Waals surface area (Å²) < 4.78 is 32.9. The Bertz CT molecular complexity index is 754. The van der Waals surface area contributed by atoms with E-state index < -0.39 is 10.0 Å². The van der Waals surface area contributed by atoms with E-state index in [2.05, 4.69) is 5.32 Å². The van der Waals surface area contributed by atoms with Gasteiger partial charge in [-0.2, -0.15) is 4.31 Å². The van der Waals surface area contributed by atoms with Crippen molar-refractivity contribution in [2.24, 2.45) is 17.6 Å². The van der Waals surface area contributed by atoms with E-state index in [1.165, 1.54) is 10.4 Å². The number of hydrogen-bond acceptors (Lipinski definition) is 5. The Balaban J connectivity index is 0.00000392. The lowest BCUT2D eigenvalue weighted by Gasteiger charge is -2.22. The number of sulfonamides is 1. The van der Waals surface area contributed by atoms with Crippen molar-refractivity contribution in [2.45, 2.75) is 44.9 Å². The van der Waals surface area contributed by atoms with E-state index in [0.717, 1.165) is 19.3 Å². The van der Waals surface area contributed by atoms with Crippen LogP contribution in [-0.4, -0.2) is 44.9 Å². The summed E-state index contributed by atoms with van der Waals surface area (Å²) in [6, 6.07) is 4.77. The first-order valence-corrected chi connectivity index (χ1v) is 11.1. The smallest absolute Gasteiger partial charge is 0.246 e. The molecule has 1 aromatic rings. The van der Waals surface area contributed by atoms with Crippen LogP contribution in [0.25, 0.3) is 0 Å². The van der Waals surface area contributed by atoms with Crippen molar-refractivity contribution in [1.82, 2.24) is 4.31 Å². The first-order valence-electron chi connectivity index (χ1n) is 9.66. The Morgan fingerprint density at radius 2 is 1.93 bits per heavy atom. The molecule has 0 spiro atoms. The molecule has 1 amide bonds. The van der Waals surface area contributed by atoms with Gasteiger partial charge < -0.3 is 15.8 Å². The van der Waals surface area contributed by atoms with Crippen LogP contribution in [0.4, 0.5) is 5.69 Å². The third-order valence-corrected chi connectivity index (χ3v) is 7.20. The summed E-state index contributed by atoms with van der Waals surface area (Å²) in [5, 5.41) is 2.87. The second-order valence-electron chi connectivity index (χ2n) is 6.71. The number of benzene rings is 1. The van der Waals surface area contributed by atoms with Crippen LogP contribution in [0.1, 0.15) is 40.0 Å². The van der Waals surface area contributed by atoms with Crippen LogP contribution in [0.3, 0.4) is 0 Å². The molecule has 1 fully saturated rings. The van der Waals surface area contributed by atoms with Gasteiger partial charge in [0.1, 0.15) is 10.6 Å². The molecule has 28 heavy (non-hydrogen) atoms. The Labute approximate surface area is 174 Å². The first kappa shape index (κ1) is 24.7. The number of nitrogens with two attached hydrogens (primary N) is 1. The zero-order valence-electron chi connectivity index (χ0n) is 16.8. The number of hydrogen-bond donors (Lipinski definition) is 2. The average molecular weight is 434 g/mol. The molecule has 0 unspecified atom stereocenters. The Kier molecular flexibility index (Phi) is 9.69. The number of nitrogens with zero attached hydrogens (tertiary/aromatic N) is 1. The van der Waals surface area contributed by atoms with E-state index in [1.54, 1.807) is 32.9 Å². The quantitative estimate of drug-likeness (QED) is 0.623. The standard InChI is InChI=1S/C19H31N3O4S.ClH/c1-4-22(5-2)27(24,25)18-12-15(10-11-17(18)26-6-3)21-19(23)16-9-7-8-14(16)13-20;/h10-12,14,16H,4-9,13,20H2,1-3H3,(H,21,23);1H/t14-,16-;/m1./s1. The molecule has 1 saturated carbocycles. The number of nitrogens with one attached hydrogen (secondary N) is 1. The summed E-state index contributed by atoms with van der Waals surface area (Å²) >= 11 is 0. The third-order valence-electron chi connectivity index (χ3n) is 5.13. The van der Waals surface area contributed by atoms with Crippen molar-refractivity contribution in [3.63, 3.8) is 0 Å². The van der Waals surface area contributed by atoms with E-state index in [9.17, 15) is 13.2 Å². The molecule has 2 atom stereocenters. The maximum Gasteiger partial charge on any atom is 0.246 e. The molecular formula is C19H32ClN3O4S. The van der Waals surface area contributed by atoms with Crippen LogP contribution in [0.2, 0.25) is 0 Å². The second-order valence-corrected chi connectivity index (χ2v) is 8.61.